The second-order valence-corrected chi connectivity index (χ2v) is 6.39. The highest BCUT2D eigenvalue weighted by molar-refractivity contribution is 5.86. The van der Waals surface area contributed by atoms with E-state index in [1.165, 1.54) is 16.3 Å². The SMILES string of the molecule is CNC(=O)CCCCCCc1ncc(-c2ccc3ccccc3c2)[nH]1. The number of amides is 1. The number of hydrogen-bond donors (Lipinski definition) is 2. The second kappa shape index (κ2) is 8.47. The monoisotopic (exact) mass is 335 g/mol. The van der Waals surface area contributed by atoms with E-state index in [0.29, 0.717) is 6.42 Å². The van der Waals surface area contributed by atoms with Gasteiger partial charge in [0.2, 0.25) is 5.91 Å². The smallest absolute Gasteiger partial charge is 0.219 e. The number of carbonyl (C=O) groups excluding carboxylic acids is 1. The summed E-state index contributed by atoms with van der Waals surface area (Å²) < 4.78 is 0. The van der Waals surface area contributed by atoms with Crippen molar-refractivity contribution >= 4 is 16.7 Å². The first-order valence-corrected chi connectivity index (χ1v) is 9.00. The first kappa shape index (κ1) is 17.2. The number of hydrogen-bond acceptors (Lipinski definition) is 2. The highest BCUT2D eigenvalue weighted by Gasteiger charge is 2.05. The molecule has 3 rings (SSSR count). The molecule has 0 bridgehead atoms. The Morgan fingerprint density at radius 3 is 2.68 bits per heavy atom. The predicted molar refractivity (Wildman–Crippen MR) is 102 cm³/mol. The molecule has 0 radical (unpaired) electrons. The Kier molecular flexibility index (Phi) is 5.83. The molecule has 0 aliphatic heterocycles. The highest BCUT2D eigenvalue weighted by Crippen LogP contribution is 2.23. The van der Waals surface area contributed by atoms with Crippen molar-refractivity contribution in [3.8, 4) is 11.3 Å². The van der Waals surface area contributed by atoms with Gasteiger partial charge < -0.3 is 10.3 Å². The highest BCUT2D eigenvalue weighted by atomic mass is 16.1. The van der Waals surface area contributed by atoms with E-state index in [9.17, 15) is 4.79 Å². The van der Waals surface area contributed by atoms with Crippen LogP contribution in [0.25, 0.3) is 22.0 Å². The number of aryl methyl sites for hydroxylation is 1. The molecule has 0 unspecified atom stereocenters. The van der Waals surface area contributed by atoms with Crippen LogP contribution >= 0.6 is 0 Å². The predicted octanol–water partition coefficient (Wildman–Crippen LogP) is 4.47. The molecule has 2 aromatic carbocycles. The molecule has 3 aromatic rings. The van der Waals surface area contributed by atoms with E-state index in [1.807, 2.05) is 6.20 Å². The number of carbonyl (C=O) groups is 1. The number of benzene rings is 2. The van der Waals surface area contributed by atoms with Gasteiger partial charge >= 0.3 is 0 Å². The van der Waals surface area contributed by atoms with Crippen LogP contribution in [0.5, 0.6) is 0 Å². The van der Waals surface area contributed by atoms with Crippen molar-refractivity contribution in [2.24, 2.45) is 0 Å². The van der Waals surface area contributed by atoms with Gasteiger partial charge in [-0.2, -0.15) is 0 Å². The van der Waals surface area contributed by atoms with Crippen LogP contribution in [0.3, 0.4) is 0 Å². The van der Waals surface area contributed by atoms with Gasteiger partial charge in [-0.05, 0) is 29.7 Å². The van der Waals surface area contributed by atoms with Crippen LogP contribution in [0, 0.1) is 0 Å². The van der Waals surface area contributed by atoms with E-state index >= 15 is 0 Å². The molecule has 0 spiro atoms. The standard InChI is InChI=1S/C21H25N3O/c1-22-21(25)11-5-3-2-4-10-20-23-15-19(24-20)18-13-12-16-8-6-7-9-17(16)14-18/h6-9,12-15H,2-5,10-11H2,1H3,(H,22,25)(H,23,24). The summed E-state index contributed by atoms with van der Waals surface area (Å²) in [5.41, 5.74) is 2.24. The molecule has 25 heavy (non-hydrogen) atoms. The van der Waals surface area contributed by atoms with Crippen LogP contribution in [-0.4, -0.2) is 22.9 Å². The largest absolute Gasteiger partial charge is 0.359 e. The van der Waals surface area contributed by atoms with Crippen LogP contribution in [-0.2, 0) is 11.2 Å². The molecule has 2 N–H and O–H groups in total. The number of aromatic amines is 1. The molecular formula is C21H25N3O. The number of nitrogens with one attached hydrogen (secondary N) is 2. The summed E-state index contributed by atoms with van der Waals surface area (Å²) in [4.78, 5) is 19.1. The Morgan fingerprint density at radius 2 is 1.84 bits per heavy atom. The van der Waals surface area contributed by atoms with Gasteiger partial charge in [0.15, 0.2) is 0 Å². The maximum atomic E-state index is 11.2. The zero-order valence-corrected chi connectivity index (χ0v) is 14.7. The minimum absolute atomic E-state index is 0.131. The number of imidazole rings is 1. The molecule has 4 heteroatoms. The van der Waals surface area contributed by atoms with Gasteiger partial charge in [-0.25, -0.2) is 4.98 Å². The lowest BCUT2D eigenvalue weighted by Crippen LogP contribution is -2.16. The Balaban J connectivity index is 1.51. The molecule has 0 saturated carbocycles. The first-order valence-electron chi connectivity index (χ1n) is 9.00. The van der Waals surface area contributed by atoms with Crippen molar-refractivity contribution in [1.82, 2.24) is 15.3 Å². The normalized spacial score (nSPS) is 10.9. The Hall–Kier alpha value is -2.62. The molecule has 0 saturated heterocycles. The first-order chi connectivity index (χ1) is 12.3. The number of nitrogens with zero attached hydrogens (tertiary/aromatic N) is 1. The van der Waals surface area contributed by atoms with Crippen LogP contribution in [0.4, 0.5) is 0 Å². The van der Waals surface area contributed by atoms with Gasteiger partial charge in [-0.3, -0.25) is 4.79 Å². The van der Waals surface area contributed by atoms with Crippen LogP contribution < -0.4 is 5.32 Å². The van der Waals surface area contributed by atoms with Crippen molar-refractivity contribution in [2.45, 2.75) is 38.5 Å². The number of H-pyrrole nitrogens is 1. The van der Waals surface area contributed by atoms with Crippen LogP contribution in [0.1, 0.15) is 37.9 Å². The lowest BCUT2D eigenvalue weighted by Gasteiger charge is -2.02. The molecule has 0 aliphatic carbocycles. The minimum Gasteiger partial charge on any atom is -0.359 e. The summed E-state index contributed by atoms with van der Waals surface area (Å²) in [7, 11) is 1.69. The zero-order valence-electron chi connectivity index (χ0n) is 14.7. The quantitative estimate of drug-likeness (QED) is 0.597. The third kappa shape index (κ3) is 4.69. The maximum absolute atomic E-state index is 11.2. The maximum Gasteiger partial charge on any atom is 0.219 e. The van der Waals surface area contributed by atoms with Gasteiger partial charge in [0.05, 0.1) is 11.9 Å². The fraction of sp³-hybridized carbons (Fsp3) is 0.333. The average molecular weight is 335 g/mol. The van der Waals surface area contributed by atoms with Gasteiger partial charge in [-0.15, -0.1) is 0 Å². The van der Waals surface area contributed by atoms with Crippen molar-refractivity contribution in [1.29, 1.82) is 0 Å². The fourth-order valence-corrected chi connectivity index (χ4v) is 3.05. The molecule has 1 amide bonds. The van der Waals surface area contributed by atoms with Crippen molar-refractivity contribution < 1.29 is 4.79 Å². The van der Waals surface area contributed by atoms with Crippen molar-refractivity contribution in [3.63, 3.8) is 0 Å². The number of rotatable bonds is 8. The Morgan fingerprint density at radius 1 is 1.04 bits per heavy atom. The van der Waals surface area contributed by atoms with Gasteiger partial charge in [-0.1, -0.05) is 49.2 Å². The Bertz CT molecular complexity index is 838. The molecule has 130 valence electrons. The van der Waals surface area contributed by atoms with E-state index in [2.05, 4.69) is 57.7 Å². The number of aromatic nitrogens is 2. The number of fused-ring (bicyclic) bond motifs is 1. The van der Waals surface area contributed by atoms with Crippen LogP contribution in [0.15, 0.2) is 48.7 Å². The zero-order chi connectivity index (χ0) is 17.5. The summed E-state index contributed by atoms with van der Waals surface area (Å²) in [6.45, 7) is 0. The number of unbranched alkanes of at least 4 members (excludes halogenated alkanes) is 3. The Labute approximate surface area is 148 Å². The van der Waals surface area contributed by atoms with E-state index in [1.54, 1.807) is 7.05 Å². The lowest BCUT2D eigenvalue weighted by molar-refractivity contribution is -0.120. The molecular weight excluding hydrogens is 310 g/mol. The average Bonchev–Trinajstić information content (AvgIpc) is 3.12. The van der Waals surface area contributed by atoms with Crippen LogP contribution in [0.2, 0.25) is 0 Å². The van der Waals surface area contributed by atoms with Gasteiger partial charge in [0, 0.05) is 25.5 Å². The second-order valence-electron chi connectivity index (χ2n) is 6.39. The molecule has 4 nitrogen and oxygen atoms in total. The van der Waals surface area contributed by atoms with Crippen molar-refractivity contribution in [3.05, 3.63) is 54.5 Å². The summed E-state index contributed by atoms with van der Waals surface area (Å²) in [6.07, 6.45) is 7.77. The fourth-order valence-electron chi connectivity index (χ4n) is 3.05. The molecule has 1 aromatic heterocycles. The minimum atomic E-state index is 0.131. The summed E-state index contributed by atoms with van der Waals surface area (Å²) >= 11 is 0. The summed E-state index contributed by atoms with van der Waals surface area (Å²) in [5.74, 6) is 1.17. The summed E-state index contributed by atoms with van der Waals surface area (Å²) in [6, 6.07) is 14.9. The van der Waals surface area contributed by atoms with E-state index in [4.69, 9.17) is 0 Å². The molecule has 0 atom stereocenters. The van der Waals surface area contributed by atoms with E-state index in [0.717, 1.165) is 43.6 Å². The molecule has 0 aliphatic rings. The molecule has 1 heterocycles. The lowest BCUT2D eigenvalue weighted by atomic mass is 10.1. The van der Waals surface area contributed by atoms with E-state index in [-0.39, 0.29) is 5.91 Å². The van der Waals surface area contributed by atoms with Gasteiger partial charge in [0.25, 0.3) is 0 Å². The van der Waals surface area contributed by atoms with Crippen molar-refractivity contribution in [2.75, 3.05) is 7.05 Å². The molecule has 0 fully saturated rings. The third-order valence-electron chi connectivity index (χ3n) is 4.54. The summed E-state index contributed by atoms with van der Waals surface area (Å²) in [5, 5.41) is 5.15. The topological polar surface area (TPSA) is 57.8 Å². The third-order valence-corrected chi connectivity index (χ3v) is 4.54. The van der Waals surface area contributed by atoms with E-state index < -0.39 is 0 Å². The van der Waals surface area contributed by atoms with Gasteiger partial charge in [0.1, 0.15) is 5.82 Å².